The zero-order valence-electron chi connectivity index (χ0n) is 17.3. The standard InChI is InChI=1S/C21H28N4O4S/c1-17-14-25(9-10-29-17)15-19-6-3-5-18(11-19)12-23-21(26)16-24(2)30(27,28)20-7-4-8-22-13-20/h3-8,11,13,17H,9-10,12,14-16H2,1-2H3,(H,23,26). The van der Waals surface area contributed by atoms with E-state index < -0.39 is 10.0 Å². The third-order valence-corrected chi connectivity index (χ3v) is 6.71. The first-order valence-electron chi connectivity index (χ1n) is 9.89. The van der Waals surface area contributed by atoms with Gasteiger partial charge in [-0.25, -0.2) is 8.42 Å². The number of aromatic nitrogens is 1. The number of hydrogen-bond donors (Lipinski definition) is 1. The Labute approximate surface area is 177 Å². The Morgan fingerprint density at radius 3 is 2.83 bits per heavy atom. The lowest BCUT2D eigenvalue weighted by molar-refractivity contribution is -0.121. The van der Waals surface area contributed by atoms with E-state index in [1.165, 1.54) is 31.1 Å². The van der Waals surface area contributed by atoms with Gasteiger partial charge in [0, 0.05) is 45.6 Å². The van der Waals surface area contributed by atoms with Crippen molar-refractivity contribution in [3.05, 3.63) is 59.9 Å². The summed E-state index contributed by atoms with van der Waals surface area (Å²) in [5.74, 6) is -0.364. The van der Waals surface area contributed by atoms with Gasteiger partial charge in [0.2, 0.25) is 15.9 Å². The summed E-state index contributed by atoms with van der Waals surface area (Å²) in [6, 6.07) is 11.1. The van der Waals surface area contributed by atoms with Crippen molar-refractivity contribution in [3.8, 4) is 0 Å². The summed E-state index contributed by atoms with van der Waals surface area (Å²) >= 11 is 0. The van der Waals surface area contributed by atoms with Gasteiger partial charge in [0.15, 0.2) is 0 Å². The molecule has 2 heterocycles. The number of benzene rings is 1. The molecular formula is C21H28N4O4S. The highest BCUT2D eigenvalue weighted by atomic mass is 32.2. The van der Waals surface area contributed by atoms with Crippen LogP contribution in [-0.2, 0) is 32.6 Å². The van der Waals surface area contributed by atoms with Gasteiger partial charge in [-0.05, 0) is 30.2 Å². The van der Waals surface area contributed by atoms with Gasteiger partial charge >= 0.3 is 0 Å². The molecule has 1 aromatic heterocycles. The molecule has 30 heavy (non-hydrogen) atoms. The number of amides is 1. The first kappa shape index (κ1) is 22.4. The van der Waals surface area contributed by atoms with Gasteiger partial charge in [-0.15, -0.1) is 0 Å². The number of pyridine rings is 1. The fourth-order valence-electron chi connectivity index (χ4n) is 3.35. The number of nitrogens with one attached hydrogen (secondary N) is 1. The zero-order valence-corrected chi connectivity index (χ0v) is 18.1. The molecule has 1 amide bonds. The maximum Gasteiger partial charge on any atom is 0.244 e. The largest absolute Gasteiger partial charge is 0.376 e. The number of rotatable bonds is 8. The van der Waals surface area contributed by atoms with E-state index in [1.807, 2.05) is 12.1 Å². The van der Waals surface area contributed by atoms with E-state index in [4.69, 9.17) is 4.74 Å². The Kier molecular flexibility index (Phi) is 7.54. The number of carbonyl (C=O) groups excluding carboxylic acids is 1. The van der Waals surface area contributed by atoms with E-state index in [1.54, 1.807) is 6.07 Å². The summed E-state index contributed by atoms with van der Waals surface area (Å²) in [6.45, 7) is 5.54. The zero-order chi connectivity index (χ0) is 21.6. The van der Waals surface area contributed by atoms with Crippen molar-refractivity contribution < 1.29 is 17.9 Å². The quantitative estimate of drug-likeness (QED) is 0.675. The molecule has 1 saturated heterocycles. The van der Waals surface area contributed by atoms with Gasteiger partial charge in [-0.1, -0.05) is 24.3 Å². The predicted molar refractivity (Wildman–Crippen MR) is 113 cm³/mol. The lowest BCUT2D eigenvalue weighted by Gasteiger charge is -2.31. The molecule has 162 valence electrons. The fraction of sp³-hybridized carbons (Fsp3) is 0.429. The molecule has 0 spiro atoms. The molecule has 8 nitrogen and oxygen atoms in total. The molecule has 0 saturated carbocycles. The first-order chi connectivity index (χ1) is 14.3. The van der Waals surface area contributed by atoms with Gasteiger partial charge in [0.1, 0.15) is 4.90 Å². The Bertz CT molecular complexity index is 952. The minimum atomic E-state index is -3.75. The lowest BCUT2D eigenvalue weighted by atomic mass is 10.1. The molecule has 0 bridgehead atoms. The lowest BCUT2D eigenvalue weighted by Crippen LogP contribution is -2.40. The van der Waals surface area contributed by atoms with E-state index in [9.17, 15) is 13.2 Å². The summed E-state index contributed by atoms with van der Waals surface area (Å²) < 4.78 is 31.6. The highest BCUT2D eigenvalue weighted by Crippen LogP contribution is 2.13. The van der Waals surface area contributed by atoms with Crippen LogP contribution < -0.4 is 5.32 Å². The van der Waals surface area contributed by atoms with E-state index in [0.29, 0.717) is 6.54 Å². The van der Waals surface area contributed by atoms with Crippen molar-refractivity contribution in [1.29, 1.82) is 0 Å². The van der Waals surface area contributed by atoms with Crippen molar-refractivity contribution >= 4 is 15.9 Å². The Hall–Kier alpha value is -2.33. The number of carbonyl (C=O) groups is 1. The second-order valence-corrected chi connectivity index (χ2v) is 9.51. The van der Waals surface area contributed by atoms with Crippen LogP contribution in [0.4, 0.5) is 0 Å². The van der Waals surface area contributed by atoms with E-state index in [-0.39, 0.29) is 23.5 Å². The van der Waals surface area contributed by atoms with Crippen molar-refractivity contribution in [2.45, 2.75) is 31.0 Å². The number of morpholine rings is 1. The van der Waals surface area contributed by atoms with Crippen LogP contribution in [0.2, 0.25) is 0 Å². The van der Waals surface area contributed by atoms with E-state index >= 15 is 0 Å². The summed E-state index contributed by atoms with van der Waals surface area (Å²) in [4.78, 5) is 18.5. The van der Waals surface area contributed by atoms with Crippen molar-refractivity contribution in [3.63, 3.8) is 0 Å². The van der Waals surface area contributed by atoms with E-state index in [2.05, 4.69) is 34.3 Å². The Morgan fingerprint density at radius 2 is 2.10 bits per heavy atom. The van der Waals surface area contributed by atoms with Gasteiger partial charge in [-0.3, -0.25) is 14.7 Å². The van der Waals surface area contributed by atoms with Crippen LogP contribution in [0, 0.1) is 0 Å². The average Bonchev–Trinajstić information content (AvgIpc) is 2.73. The number of ether oxygens (including phenoxy) is 1. The molecule has 0 radical (unpaired) electrons. The van der Waals surface area contributed by atoms with Crippen LogP contribution >= 0.6 is 0 Å². The smallest absolute Gasteiger partial charge is 0.244 e. The minimum absolute atomic E-state index is 0.0606. The Morgan fingerprint density at radius 1 is 1.30 bits per heavy atom. The number of likely N-dealkylation sites (N-methyl/N-ethyl adjacent to an activating group) is 1. The fourth-order valence-corrected chi connectivity index (χ4v) is 4.45. The third kappa shape index (κ3) is 6.09. The number of hydrogen-bond acceptors (Lipinski definition) is 6. The molecule has 1 aliphatic heterocycles. The summed E-state index contributed by atoms with van der Waals surface area (Å²) in [5, 5.41) is 2.80. The summed E-state index contributed by atoms with van der Waals surface area (Å²) in [5.41, 5.74) is 2.15. The van der Waals surface area contributed by atoms with Crippen LogP contribution in [0.15, 0.2) is 53.7 Å². The van der Waals surface area contributed by atoms with Crippen molar-refractivity contribution in [1.82, 2.24) is 19.5 Å². The highest BCUT2D eigenvalue weighted by molar-refractivity contribution is 7.89. The maximum atomic E-state index is 12.5. The normalized spacial score (nSPS) is 17.8. The summed E-state index contributed by atoms with van der Waals surface area (Å²) in [7, 11) is -2.37. The second-order valence-electron chi connectivity index (χ2n) is 7.46. The van der Waals surface area contributed by atoms with Gasteiger partial charge in [0.25, 0.3) is 0 Å². The Balaban J connectivity index is 1.52. The van der Waals surface area contributed by atoms with Crippen LogP contribution in [0.3, 0.4) is 0 Å². The number of sulfonamides is 1. The van der Waals surface area contributed by atoms with Crippen LogP contribution in [0.25, 0.3) is 0 Å². The molecule has 3 rings (SSSR count). The van der Waals surface area contributed by atoms with Gasteiger partial charge < -0.3 is 10.1 Å². The molecule has 1 aliphatic rings. The topological polar surface area (TPSA) is 91.8 Å². The summed E-state index contributed by atoms with van der Waals surface area (Å²) in [6.07, 6.45) is 3.00. The molecule has 2 aromatic rings. The van der Waals surface area contributed by atoms with Crippen LogP contribution in [0.1, 0.15) is 18.1 Å². The molecule has 1 aromatic carbocycles. The van der Waals surface area contributed by atoms with Gasteiger partial charge in [0.05, 0.1) is 19.3 Å². The molecule has 0 aliphatic carbocycles. The van der Waals surface area contributed by atoms with Crippen molar-refractivity contribution in [2.75, 3.05) is 33.3 Å². The van der Waals surface area contributed by atoms with E-state index in [0.717, 1.165) is 36.1 Å². The van der Waals surface area contributed by atoms with Crippen LogP contribution in [0.5, 0.6) is 0 Å². The third-order valence-electron chi connectivity index (χ3n) is 4.92. The molecule has 1 fully saturated rings. The number of nitrogens with zero attached hydrogens (tertiary/aromatic N) is 3. The molecule has 1 atom stereocenters. The average molecular weight is 433 g/mol. The molecule has 1 unspecified atom stereocenters. The minimum Gasteiger partial charge on any atom is -0.376 e. The SMILES string of the molecule is CC1CN(Cc2cccc(CNC(=O)CN(C)S(=O)(=O)c3cccnc3)c2)CCO1. The molecular weight excluding hydrogens is 404 g/mol. The second kappa shape index (κ2) is 10.1. The van der Waals surface area contributed by atoms with Crippen molar-refractivity contribution in [2.24, 2.45) is 0 Å². The highest BCUT2D eigenvalue weighted by Gasteiger charge is 2.23. The predicted octanol–water partition coefficient (Wildman–Crippen LogP) is 1.24. The van der Waals surface area contributed by atoms with Crippen LogP contribution in [-0.4, -0.2) is 67.9 Å². The first-order valence-corrected chi connectivity index (χ1v) is 11.3. The monoisotopic (exact) mass is 432 g/mol. The van der Waals surface area contributed by atoms with Gasteiger partial charge in [-0.2, -0.15) is 4.31 Å². The molecule has 1 N–H and O–H groups in total. The molecule has 9 heteroatoms. The maximum absolute atomic E-state index is 12.5.